The molecule has 0 fully saturated rings. The van der Waals surface area contributed by atoms with Crippen molar-refractivity contribution < 1.29 is 9.50 Å². The minimum Gasteiger partial charge on any atom is -0.391 e. The van der Waals surface area contributed by atoms with Crippen LogP contribution >= 0.6 is 24.0 Å². The van der Waals surface area contributed by atoms with Gasteiger partial charge in [0.15, 0.2) is 0 Å². The van der Waals surface area contributed by atoms with E-state index in [1.807, 2.05) is 6.92 Å². The summed E-state index contributed by atoms with van der Waals surface area (Å²) in [6.45, 7) is 1.93. The molecule has 0 amide bonds. The molecule has 0 bridgehead atoms. The molecule has 3 N–H and O–H groups in total. The van der Waals surface area contributed by atoms with Crippen molar-refractivity contribution in [1.29, 1.82) is 0 Å². The number of nitrogens with two attached hydrogens (primary N) is 1. The van der Waals surface area contributed by atoms with E-state index in [1.54, 1.807) is 0 Å². The third-order valence-corrected chi connectivity index (χ3v) is 2.55. The van der Waals surface area contributed by atoms with Crippen LogP contribution in [-0.2, 0) is 0 Å². The molecule has 5 heteroatoms. The first-order valence-corrected chi connectivity index (χ1v) is 5.32. The van der Waals surface area contributed by atoms with Gasteiger partial charge in [-0.25, -0.2) is 4.39 Å². The number of hydrogen-bond acceptors (Lipinski definition) is 2. The number of rotatable bonds is 4. The Morgan fingerprint density at radius 2 is 2.12 bits per heavy atom. The van der Waals surface area contributed by atoms with E-state index in [-0.39, 0.29) is 18.0 Å². The predicted octanol–water partition coefficient (Wildman–Crippen LogP) is 3.06. The molecule has 0 saturated heterocycles. The second-order valence-electron chi connectivity index (χ2n) is 3.55. The summed E-state index contributed by atoms with van der Waals surface area (Å²) in [6, 6.07) is 3.46. The van der Waals surface area contributed by atoms with Gasteiger partial charge in [0, 0.05) is 10.6 Å². The molecule has 0 spiro atoms. The highest BCUT2D eigenvalue weighted by Crippen LogP contribution is 2.23. The van der Waals surface area contributed by atoms with Gasteiger partial charge in [-0.3, -0.25) is 0 Å². The average Bonchev–Trinajstić information content (AvgIpc) is 2.21. The molecule has 2 nitrogen and oxygen atoms in total. The Balaban J connectivity index is 0.00000225. The lowest BCUT2D eigenvalue weighted by Gasteiger charge is -2.19. The molecule has 0 unspecified atom stereocenters. The van der Waals surface area contributed by atoms with Gasteiger partial charge in [0.05, 0.1) is 12.1 Å². The lowest BCUT2D eigenvalue weighted by atomic mass is 9.99. The molecule has 0 radical (unpaired) electrons. The average molecular weight is 268 g/mol. The maximum absolute atomic E-state index is 13.4. The fourth-order valence-corrected chi connectivity index (χ4v) is 1.63. The lowest BCUT2D eigenvalue weighted by molar-refractivity contribution is 0.133. The lowest BCUT2D eigenvalue weighted by Crippen LogP contribution is -2.26. The Bertz CT molecular complexity index is 336. The van der Waals surface area contributed by atoms with Crippen LogP contribution in [0.4, 0.5) is 4.39 Å². The molecule has 16 heavy (non-hydrogen) atoms. The maximum atomic E-state index is 13.4. The molecule has 92 valence electrons. The monoisotopic (exact) mass is 267 g/mol. The second kappa shape index (κ2) is 7.07. The first-order valence-electron chi connectivity index (χ1n) is 4.94. The summed E-state index contributed by atoms with van der Waals surface area (Å²) in [5, 5.41) is 10.1. The minimum atomic E-state index is -0.733. The van der Waals surface area contributed by atoms with E-state index < -0.39 is 18.0 Å². The first kappa shape index (κ1) is 15.7. The van der Waals surface area contributed by atoms with E-state index in [0.717, 1.165) is 6.42 Å². The van der Waals surface area contributed by atoms with Gasteiger partial charge in [-0.15, -0.1) is 12.4 Å². The molecule has 2 atom stereocenters. The van der Waals surface area contributed by atoms with Gasteiger partial charge in [0.1, 0.15) is 5.82 Å². The number of aliphatic hydroxyl groups is 1. The normalized spacial score (nSPS) is 14.1. The number of hydrogen-bond donors (Lipinski definition) is 2. The van der Waals surface area contributed by atoms with Crippen LogP contribution in [0.2, 0.25) is 5.02 Å². The molecule has 0 aromatic heterocycles. The van der Waals surface area contributed by atoms with Crippen molar-refractivity contribution in [3.63, 3.8) is 0 Å². The van der Waals surface area contributed by atoms with Crippen LogP contribution in [0.3, 0.4) is 0 Å². The van der Waals surface area contributed by atoms with Crippen molar-refractivity contribution in [2.24, 2.45) is 5.73 Å². The fourth-order valence-electron chi connectivity index (χ4n) is 1.45. The van der Waals surface area contributed by atoms with Gasteiger partial charge in [-0.1, -0.05) is 24.9 Å². The van der Waals surface area contributed by atoms with Crippen molar-refractivity contribution in [2.75, 3.05) is 0 Å². The molecule has 0 aliphatic heterocycles. The molecule has 1 aromatic carbocycles. The third-order valence-electron chi connectivity index (χ3n) is 2.32. The van der Waals surface area contributed by atoms with Crippen LogP contribution in [0.1, 0.15) is 31.4 Å². The Morgan fingerprint density at radius 1 is 1.50 bits per heavy atom. The largest absolute Gasteiger partial charge is 0.391 e. The zero-order valence-corrected chi connectivity index (χ0v) is 10.6. The summed E-state index contributed by atoms with van der Waals surface area (Å²) >= 11 is 5.74. The summed E-state index contributed by atoms with van der Waals surface area (Å²) in [5.74, 6) is -0.429. The van der Waals surface area contributed by atoms with E-state index in [1.165, 1.54) is 18.2 Å². The van der Waals surface area contributed by atoms with E-state index >= 15 is 0 Å². The van der Waals surface area contributed by atoms with Crippen LogP contribution in [0.15, 0.2) is 18.2 Å². The van der Waals surface area contributed by atoms with E-state index in [0.29, 0.717) is 11.4 Å². The van der Waals surface area contributed by atoms with Crippen LogP contribution in [0, 0.1) is 5.82 Å². The summed E-state index contributed by atoms with van der Waals surface area (Å²) in [4.78, 5) is 0. The molecule has 0 aliphatic carbocycles. The van der Waals surface area contributed by atoms with Crippen molar-refractivity contribution in [3.05, 3.63) is 34.6 Å². The summed E-state index contributed by atoms with van der Waals surface area (Å²) in [5.41, 5.74) is 6.01. The quantitative estimate of drug-likeness (QED) is 0.881. The molecular weight excluding hydrogens is 252 g/mol. The Hall–Kier alpha value is -0.350. The standard InChI is InChI=1S/C11H15ClFNO.ClH/c1-2-3-10(15)11(14)8-6-7(12)4-5-9(8)13;/h4-6,10-11,15H,2-3,14H2,1H3;1H/t10-,11+;/m1./s1. The van der Waals surface area contributed by atoms with Gasteiger partial charge in [-0.05, 0) is 24.6 Å². The van der Waals surface area contributed by atoms with Gasteiger partial charge in [-0.2, -0.15) is 0 Å². The number of halogens is 3. The number of aliphatic hydroxyl groups excluding tert-OH is 1. The summed E-state index contributed by atoms with van der Waals surface area (Å²) < 4.78 is 13.4. The van der Waals surface area contributed by atoms with Gasteiger partial charge in [0.25, 0.3) is 0 Å². The molecule has 0 aliphatic rings. The Morgan fingerprint density at radius 3 is 2.69 bits per heavy atom. The molecule has 0 heterocycles. The topological polar surface area (TPSA) is 46.2 Å². The van der Waals surface area contributed by atoms with Crippen molar-refractivity contribution in [3.8, 4) is 0 Å². The Kier molecular flexibility index (Phi) is 6.91. The smallest absolute Gasteiger partial charge is 0.128 e. The highest BCUT2D eigenvalue weighted by molar-refractivity contribution is 6.30. The SMILES string of the molecule is CCC[C@@H](O)[C@@H](N)c1cc(Cl)ccc1F.Cl. The van der Waals surface area contributed by atoms with Gasteiger partial charge < -0.3 is 10.8 Å². The highest BCUT2D eigenvalue weighted by Gasteiger charge is 2.19. The van der Waals surface area contributed by atoms with E-state index in [4.69, 9.17) is 17.3 Å². The zero-order chi connectivity index (χ0) is 11.4. The van der Waals surface area contributed by atoms with Gasteiger partial charge >= 0.3 is 0 Å². The van der Waals surface area contributed by atoms with E-state index in [9.17, 15) is 9.50 Å². The van der Waals surface area contributed by atoms with Crippen molar-refractivity contribution in [2.45, 2.75) is 31.9 Å². The fraction of sp³-hybridized carbons (Fsp3) is 0.455. The van der Waals surface area contributed by atoms with Crippen molar-refractivity contribution in [1.82, 2.24) is 0 Å². The molecule has 0 saturated carbocycles. The van der Waals surface area contributed by atoms with Crippen LogP contribution in [0.25, 0.3) is 0 Å². The van der Waals surface area contributed by atoms with Crippen LogP contribution < -0.4 is 5.73 Å². The molecular formula is C11H16Cl2FNO. The van der Waals surface area contributed by atoms with E-state index in [2.05, 4.69) is 0 Å². The number of benzene rings is 1. The predicted molar refractivity (Wildman–Crippen MR) is 66.5 cm³/mol. The maximum Gasteiger partial charge on any atom is 0.128 e. The first-order chi connectivity index (χ1) is 7.06. The van der Waals surface area contributed by atoms with Crippen LogP contribution in [0.5, 0.6) is 0 Å². The van der Waals surface area contributed by atoms with Crippen LogP contribution in [-0.4, -0.2) is 11.2 Å². The zero-order valence-electron chi connectivity index (χ0n) is 8.99. The van der Waals surface area contributed by atoms with Crippen molar-refractivity contribution >= 4 is 24.0 Å². The minimum absolute atomic E-state index is 0. The highest BCUT2D eigenvalue weighted by atomic mass is 35.5. The Labute approximate surface area is 106 Å². The second-order valence-corrected chi connectivity index (χ2v) is 3.98. The summed E-state index contributed by atoms with van der Waals surface area (Å²) in [7, 11) is 0. The third kappa shape index (κ3) is 3.91. The van der Waals surface area contributed by atoms with Gasteiger partial charge in [0.2, 0.25) is 0 Å². The molecule has 1 aromatic rings. The molecule has 1 rings (SSSR count). The summed E-state index contributed by atoms with van der Waals surface area (Å²) in [6.07, 6.45) is 0.618.